The van der Waals surface area contributed by atoms with Crippen LogP contribution in [-0.2, 0) is 16.1 Å². The SMILES string of the molecule is O=C(O)C1CC1C(=O)NCc1ccn[nH]1. The predicted octanol–water partition coefficient (Wildman–Crippen LogP) is -0.253. The number of amides is 1. The molecular formula is C9H11N3O3. The summed E-state index contributed by atoms with van der Waals surface area (Å²) in [7, 11) is 0. The molecule has 1 amide bonds. The number of hydrogen-bond acceptors (Lipinski definition) is 3. The molecule has 0 spiro atoms. The highest BCUT2D eigenvalue weighted by atomic mass is 16.4. The van der Waals surface area contributed by atoms with Crippen LogP contribution in [0.2, 0.25) is 0 Å². The molecule has 0 radical (unpaired) electrons. The summed E-state index contributed by atoms with van der Waals surface area (Å²) in [5.41, 5.74) is 0.802. The van der Waals surface area contributed by atoms with Gasteiger partial charge < -0.3 is 10.4 Å². The van der Waals surface area contributed by atoms with E-state index in [1.54, 1.807) is 12.3 Å². The molecule has 1 aliphatic rings. The molecule has 80 valence electrons. The average molecular weight is 209 g/mol. The van der Waals surface area contributed by atoms with Crippen molar-refractivity contribution in [1.82, 2.24) is 15.5 Å². The molecule has 1 aliphatic carbocycles. The minimum absolute atomic E-state index is 0.197. The Morgan fingerprint density at radius 2 is 2.40 bits per heavy atom. The monoisotopic (exact) mass is 209 g/mol. The van der Waals surface area contributed by atoms with Crippen molar-refractivity contribution in [3.8, 4) is 0 Å². The summed E-state index contributed by atoms with van der Waals surface area (Å²) in [4.78, 5) is 21.9. The van der Waals surface area contributed by atoms with Crippen molar-refractivity contribution in [2.24, 2.45) is 11.8 Å². The number of carbonyl (C=O) groups excluding carboxylic acids is 1. The first-order valence-corrected chi connectivity index (χ1v) is 4.67. The quantitative estimate of drug-likeness (QED) is 0.637. The van der Waals surface area contributed by atoms with Crippen LogP contribution in [-0.4, -0.2) is 27.2 Å². The van der Waals surface area contributed by atoms with E-state index in [1.807, 2.05) is 0 Å². The molecule has 0 aromatic carbocycles. The Kier molecular flexibility index (Phi) is 2.40. The number of nitrogens with one attached hydrogen (secondary N) is 2. The lowest BCUT2D eigenvalue weighted by molar-refractivity contribution is -0.140. The minimum atomic E-state index is -0.892. The Balaban J connectivity index is 1.77. The number of carboxylic acid groups (broad SMARTS) is 1. The van der Waals surface area contributed by atoms with Gasteiger partial charge in [0.2, 0.25) is 5.91 Å². The molecular weight excluding hydrogens is 198 g/mol. The maximum absolute atomic E-state index is 11.4. The average Bonchev–Trinajstić information content (AvgIpc) is 2.85. The van der Waals surface area contributed by atoms with Gasteiger partial charge in [-0.3, -0.25) is 14.7 Å². The normalized spacial score (nSPS) is 23.5. The van der Waals surface area contributed by atoms with Crippen molar-refractivity contribution in [3.63, 3.8) is 0 Å². The Labute approximate surface area is 85.7 Å². The van der Waals surface area contributed by atoms with Crippen LogP contribution in [0.4, 0.5) is 0 Å². The summed E-state index contributed by atoms with van der Waals surface area (Å²) in [5, 5.41) is 17.7. The van der Waals surface area contributed by atoms with Gasteiger partial charge in [0, 0.05) is 6.20 Å². The third-order valence-corrected chi connectivity index (χ3v) is 2.46. The second-order valence-electron chi connectivity index (χ2n) is 3.59. The van der Waals surface area contributed by atoms with Crippen molar-refractivity contribution in [2.45, 2.75) is 13.0 Å². The molecule has 1 fully saturated rings. The second-order valence-corrected chi connectivity index (χ2v) is 3.59. The Morgan fingerprint density at radius 3 is 2.93 bits per heavy atom. The van der Waals surface area contributed by atoms with Crippen LogP contribution in [0.1, 0.15) is 12.1 Å². The molecule has 1 aromatic rings. The van der Waals surface area contributed by atoms with Gasteiger partial charge in [-0.05, 0) is 12.5 Å². The lowest BCUT2D eigenvalue weighted by Gasteiger charge is -2.01. The lowest BCUT2D eigenvalue weighted by Crippen LogP contribution is -2.26. The van der Waals surface area contributed by atoms with Gasteiger partial charge in [-0.15, -0.1) is 0 Å². The maximum Gasteiger partial charge on any atom is 0.307 e. The predicted molar refractivity (Wildman–Crippen MR) is 49.7 cm³/mol. The standard InChI is InChI=1S/C9H11N3O3/c13-8(6-3-7(6)9(14)15)10-4-5-1-2-11-12-5/h1-2,6-7H,3-4H2,(H,10,13)(H,11,12)(H,14,15). The third-order valence-electron chi connectivity index (χ3n) is 2.46. The zero-order valence-corrected chi connectivity index (χ0v) is 7.93. The fourth-order valence-corrected chi connectivity index (χ4v) is 1.45. The van der Waals surface area contributed by atoms with Gasteiger partial charge in [0.05, 0.1) is 24.1 Å². The first kappa shape index (κ1) is 9.70. The highest BCUT2D eigenvalue weighted by Crippen LogP contribution is 2.38. The number of carboxylic acids is 1. The Morgan fingerprint density at radius 1 is 1.60 bits per heavy atom. The molecule has 1 aromatic heterocycles. The summed E-state index contributed by atoms with van der Waals surface area (Å²) in [6.45, 7) is 0.363. The number of rotatable bonds is 4. The zero-order chi connectivity index (χ0) is 10.8. The van der Waals surface area contributed by atoms with Crippen molar-refractivity contribution in [2.75, 3.05) is 0 Å². The van der Waals surface area contributed by atoms with Gasteiger partial charge in [0.25, 0.3) is 0 Å². The number of carbonyl (C=O) groups is 2. The fourth-order valence-electron chi connectivity index (χ4n) is 1.45. The van der Waals surface area contributed by atoms with E-state index in [0.717, 1.165) is 5.69 Å². The van der Waals surface area contributed by atoms with Crippen LogP contribution in [0, 0.1) is 11.8 Å². The first-order chi connectivity index (χ1) is 7.18. The van der Waals surface area contributed by atoms with Crippen LogP contribution in [0.25, 0.3) is 0 Å². The second kappa shape index (κ2) is 3.72. The van der Waals surface area contributed by atoms with Gasteiger partial charge in [-0.2, -0.15) is 5.10 Å². The van der Waals surface area contributed by atoms with Gasteiger partial charge in [0.1, 0.15) is 0 Å². The van der Waals surface area contributed by atoms with Crippen molar-refractivity contribution in [3.05, 3.63) is 18.0 Å². The molecule has 1 heterocycles. The maximum atomic E-state index is 11.4. The van der Waals surface area contributed by atoms with Crippen molar-refractivity contribution in [1.29, 1.82) is 0 Å². The highest BCUT2D eigenvalue weighted by molar-refractivity contribution is 5.89. The van der Waals surface area contributed by atoms with Crippen LogP contribution in [0.5, 0.6) is 0 Å². The Hall–Kier alpha value is -1.85. The number of hydrogen-bond donors (Lipinski definition) is 3. The van der Waals surface area contributed by atoms with E-state index in [-0.39, 0.29) is 11.8 Å². The van der Waals surface area contributed by atoms with Crippen LogP contribution in [0.3, 0.4) is 0 Å². The van der Waals surface area contributed by atoms with E-state index in [2.05, 4.69) is 15.5 Å². The third kappa shape index (κ3) is 2.15. The molecule has 0 aliphatic heterocycles. The van der Waals surface area contributed by atoms with E-state index < -0.39 is 11.9 Å². The molecule has 0 saturated heterocycles. The summed E-state index contributed by atoms with van der Waals surface area (Å²) in [6, 6.07) is 1.75. The van der Waals surface area contributed by atoms with E-state index in [4.69, 9.17) is 5.11 Å². The molecule has 15 heavy (non-hydrogen) atoms. The lowest BCUT2D eigenvalue weighted by atomic mass is 10.3. The summed E-state index contributed by atoms with van der Waals surface area (Å²) in [5.74, 6) is -1.94. The molecule has 0 bridgehead atoms. The number of aliphatic carboxylic acids is 1. The minimum Gasteiger partial charge on any atom is -0.481 e. The number of nitrogens with zero attached hydrogens (tertiary/aromatic N) is 1. The van der Waals surface area contributed by atoms with Crippen LogP contribution < -0.4 is 5.32 Å². The van der Waals surface area contributed by atoms with Crippen LogP contribution in [0.15, 0.2) is 12.3 Å². The molecule has 6 nitrogen and oxygen atoms in total. The highest BCUT2D eigenvalue weighted by Gasteiger charge is 2.48. The molecule has 2 unspecified atom stereocenters. The van der Waals surface area contributed by atoms with Gasteiger partial charge in [-0.25, -0.2) is 0 Å². The largest absolute Gasteiger partial charge is 0.481 e. The number of aromatic amines is 1. The zero-order valence-electron chi connectivity index (χ0n) is 7.93. The van der Waals surface area contributed by atoms with E-state index in [9.17, 15) is 9.59 Å². The van der Waals surface area contributed by atoms with Gasteiger partial charge in [0.15, 0.2) is 0 Å². The summed E-state index contributed by atoms with van der Waals surface area (Å²) < 4.78 is 0. The summed E-state index contributed by atoms with van der Waals surface area (Å²) in [6.07, 6.45) is 2.04. The van der Waals surface area contributed by atoms with E-state index in [0.29, 0.717) is 13.0 Å². The van der Waals surface area contributed by atoms with Crippen molar-refractivity contribution < 1.29 is 14.7 Å². The molecule has 1 saturated carbocycles. The number of H-pyrrole nitrogens is 1. The summed E-state index contributed by atoms with van der Waals surface area (Å²) >= 11 is 0. The smallest absolute Gasteiger partial charge is 0.307 e. The van der Waals surface area contributed by atoms with E-state index in [1.165, 1.54) is 0 Å². The number of aromatic nitrogens is 2. The van der Waals surface area contributed by atoms with Gasteiger partial charge >= 0.3 is 5.97 Å². The van der Waals surface area contributed by atoms with E-state index >= 15 is 0 Å². The van der Waals surface area contributed by atoms with Crippen LogP contribution >= 0.6 is 0 Å². The molecule has 2 atom stereocenters. The molecule has 2 rings (SSSR count). The van der Waals surface area contributed by atoms with Crippen molar-refractivity contribution >= 4 is 11.9 Å². The Bertz CT molecular complexity index is 374. The molecule has 3 N–H and O–H groups in total. The topological polar surface area (TPSA) is 95.1 Å². The first-order valence-electron chi connectivity index (χ1n) is 4.67. The fraction of sp³-hybridized carbons (Fsp3) is 0.444. The van der Waals surface area contributed by atoms with Gasteiger partial charge in [-0.1, -0.05) is 0 Å². The molecule has 6 heteroatoms.